The molecule has 0 bridgehead atoms. The largest absolute Gasteiger partial charge is 0.394 e. The number of unbranched alkanes of at least 4 members (excludes halogenated alkanes) is 24. The number of aliphatic hydroxyl groups excluding tert-OH is 8. The highest BCUT2D eigenvalue weighted by Crippen LogP contribution is 2.30. The number of nitrogens with one attached hydrogen (secondary N) is 1. The van der Waals surface area contributed by atoms with Gasteiger partial charge in [0.05, 0.1) is 32.0 Å². The van der Waals surface area contributed by atoms with Crippen molar-refractivity contribution in [3.8, 4) is 0 Å². The van der Waals surface area contributed by atoms with E-state index in [-0.39, 0.29) is 18.9 Å². The maximum absolute atomic E-state index is 13.4. The Balaban J connectivity index is 1.70. The first-order valence-corrected chi connectivity index (χ1v) is 38.2. The monoisotopic (exact) mass is 1360 g/mol. The molecule has 97 heavy (non-hydrogen) atoms. The number of carbonyl (C=O) groups excluding carboxylic acids is 1. The van der Waals surface area contributed by atoms with Gasteiger partial charge in [0.15, 0.2) is 12.6 Å². The third-order valence-electron chi connectivity index (χ3n) is 17.4. The van der Waals surface area contributed by atoms with E-state index in [1.165, 1.54) is 116 Å². The van der Waals surface area contributed by atoms with Crippen LogP contribution in [-0.4, -0.2) is 140 Å². The number of rotatable bonds is 61. The summed E-state index contributed by atoms with van der Waals surface area (Å²) in [6.07, 6.45) is 83.0. The van der Waals surface area contributed by atoms with Gasteiger partial charge >= 0.3 is 0 Å². The average Bonchev–Trinajstić information content (AvgIpc) is 0.793. The first-order chi connectivity index (χ1) is 47.6. The van der Waals surface area contributed by atoms with Gasteiger partial charge in [0, 0.05) is 6.42 Å². The zero-order chi connectivity index (χ0) is 70.1. The van der Waals surface area contributed by atoms with E-state index in [2.05, 4.69) is 165 Å². The minimum Gasteiger partial charge on any atom is -0.394 e. The Bertz CT molecular complexity index is 2240. The molecule has 2 aliphatic heterocycles. The fourth-order valence-corrected chi connectivity index (χ4v) is 11.4. The van der Waals surface area contributed by atoms with Crippen LogP contribution < -0.4 is 5.32 Å². The van der Waals surface area contributed by atoms with Crippen molar-refractivity contribution in [1.82, 2.24) is 5.32 Å². The lowest BCUT2D eigenvalue weighted by molar-refractivity contribution is -0.359. The van der Waals surface area contributed by atoms with Gasteiger partial charge in [0.1, 0.15) is 48.8 Å². The van der Waals surface area contributed by atoms with Crippen molar-refractivity contribution in [2.75, 3.05) is 19.8 Å². The highest BCUT2D eigenvalue weighted by atomic mass is 16.7. The Labute approximate surface area is 588 Å². The lowest BCUT2D eigenvalue weighted by Crippen LogP contribution is -2.65. The van der Waals surface area contributed by atoms with Crippen molar-refractivity contribution in [3.05, 3.63) is 158 Å². The molecule has 0 radical (unpaired) electrons. The van der Waals surface area contributed by atoms with E-state index in [9.17, 15) is 45.6 Å². The van der Waals surface area contributed by atoms with E-state index in [1.54, 1.807) is 6.08 Å². The Kier molecular flexibility index (Phi) is 59.4. The number of amides is 1. The first-order valence-electron chi connectivity index (χ1n) is 38.2. The summed E-state index contributed by atoms with van der Waals surface area (Å²) in [4.78, 5) is 13.4. The van der Waals surface area contributed by atoms with Crippen molar-refractivity contribution in [1.29, 1.82) is 0 Å². The molecule has 12 unspecified atom stereocenters. The second-order valence-corrected chi connectivity index (χ2v) is 26.0. The van der Waals surface area contributed by atoms with Crippen LogP contribution in [0.4, 0.5) is 0 Å². The van der Waals surface area contributed by atoms with E-state index in [4.69, 9.17) is 18.9 Å². The van der Waals surface area contributed by atoms with Gasteiger partial charge in [-0.05, 0) is 122 Å². The van der Waals surface area contributed by atoms with Crippen LogP contribution in [0.25, 0.3) is 0 Å². The molecule has 552 valence electrons. The van der Waals surface area contributed by atoms with Crippen LogP contribution in [-0.2, 0) is 23.7 Å². The van der Waals surface area contributed by atoms with Crippen LogP contribution in [0.15, 0.2) is 158 Å². The van der Waals surface area contributed by atoms with Gasteiger partial charge in [-0.3, -0.25) is 4.79 Å². The van der Waals surface area contributed by atoms with E-state index in [0.717, 1.165) is 116 Å². The van der Waals surface area contributed by atoms with Crippen molar-refractivity contribution >= 4 is 5.91 Å². The summed E-state index contributed by atoms with van der Waals surface area (Å²) in [7, 11) is 0. The number of allylic oxidation sites excluding steroid dienone is 25. The number of ether oxygens (including phenoxy) is 4. The first kappa shape index (κ1) is 88.7. The molecule has 0 aliphatic carbocycles. The van der Waals surface area contributed by atoms with Crippen LogP contribution >= 0.6 is 0 Å². The standard InChI is InChI=1S/C83H137NO13/c1-3-5-7-9-11-13-15-17-19-21-23-25-27-29-31-33-34-35-36-37-38-39-41-43-45-47-49-51-53-55-57-59-61-63-65-67-75(88)84-71(70-94-82-80(93)78(91)81(74(69-86)96-82)97-83-79(92)77(90)76(89)73(68-85)95-83)72(87)66-64-62-60-58-56-54-52-50-48-46-44-42-40-32-30-28-26-24-22-20-18-16-14-12-10-8-6-4-2/h5,7,11,13,17,19,23,25,29,31,34-35,37-38,41,43,47-50,53,55-56,58,64,66,71-74,76-83,85-87,89-93H,3-4,6,8-10,12,14-16,18,20-22,24,26-28,30,32-33,36,39-40,42,44-46,51-52,54,57,59-63,65,67-70H2,1-2H3,(H,84,88)/b7-5-,13-11-,19-17-,25-23-,31-29-,35-34-,38-37-,43-41-,49-47-,50-48+,55-53-,58-56+,66-64+. The van der Waals surface area contributed by atoms with Crippen molar-refractivity contribution < 1.29 is 64.6 Å². The summed E-state index contributed by atoms with van der Waals surface area (Å²) < 4.78 is 22.8. The normalized spacial score (nSPS) is 23.1. The second kappa shape index (κ2) is 65.0. The Morgan fingerprint density at radius 3 is 1.13 bits per heavy atom. The number of hydrogen-bond acceptors (Lipinski definition) is 13. The van der Waals surface area contributed by atoms with Crippen LogP contribution in [0.3, 0.4) is 0 Å². The minimum absolute atomic E-state index is 0.229. The molecule has 0 saturated carbocycles. The molecule has 9 N–H and O–H groups in total. The maximum atomic E-state index is 13.4. The predicted octanol–water partition coefficient (Wildman–Crippen LogP) is 17.0. The lowest BCUT2D eigenvalue weighted by Gasteiger charge is -2.46. The lowest BCUT2D eigenvalue weighted by atomic mass is 9.97. The quantitative estimate of drug-likeness (QED) is 0.0204. The summed E-state index contributed by atoms with van der Waals surface area (Å²) in [6, 6.07) is -0.967. The second-order valence-electron chi connectivity index (χ2n) is 26.0. The van der Waals surface area contributed by atoms with Crippen molar-refractivity contribution in [2.45, 2.75) is 338 Å². The summed E-state index contributed by atoms with van der Waals surface area (Å²) in [6.45, 7) is 2.65. The zero-order valence-corrected chi connectivity index (χ0v) is 60.3. The van der Waals surface area contributed by atoms with Gasteiger partial charge in [0.25, 0.3) is 0 Å². The SMILES string of the molecule is CC/C=C\C/C=C\C/C=C\C/C=C\C/C=C\C/C=C\C/C=C\C/C=C\C/C=C\C/C=C\CCCCCCC(=O)NC(COC1OC(CO)C(OC2OC(CO)C(O)C(O)C2O)C(O)C1O)C(O)/C=C/CC/C=C/CC/C=C/CCCCCCCCCCCCCCCCCCCC. The van der Waals surface area contributed by atoms with Gasteiger partial charge in [-0.15, -0.1) is 0 Å². The minimum atomic E-state index is -1.81. The van der Waals surface area contributed by atoms with Crippen LogP contribution in [0.2, 0.25) is 0 Å². The molecular formula is C83H137NO13. The topological polar surface area (TPSA) is 228 Å². The number of aliphatic hydroxyl groups is 8. The smallest absolute Gasteiger partial charge is 0.220 e. The molecule has 2 rings (SSSR count). The van der Waals surface area contributed by atoms with E-state index < -0.39 is 86.8 Å². The van der Waals surface area contributed by atoms with Crippen LogP contribution in [0.1, 0.15) is 264 Å². The predicted molar refractivity (Wildman–Crippen MR) is 401 cm³/mol. The van der Waals surface area contributed by atoms with E-state index in [0.29, 0.717) is 12.8 Å². The zero-order valence-electron chi connectivity index (χ0n) is 60.3. The molecule has 14 nitrogen and oxygen atoms in total. The molecule has 14 heteroatoms. The molecule has 0 spiro atoms. The van der Waals surface area contributed by atoms with Gasteiger partial charge < -0.3 is 65.1 Å². The number of carbonyl (C=O) groups is 1. The molecule has 0 aromatic carbocycles. The Morgan fingerprint density at radius 1 is 0.381 bits per heavy atom. The molecule has 1 amide bonds. The molecule has 2 aliphatic rings. The molecular weight excluding hydrogens is 1220 g/mol. The molecule has 2 heterocycles. The molecule has 2 saturated heterocycles. The summed E-state index contributed by atoms with van der Waals surface area (Å²) in [5, 5.41) is 87.5. The fraction of sp³-hybridized carbons (Fsp3) is 0.675. The molecule has 0 aromatic rings. The molecule has 12 atom stereocenters. The van der Waals surface area contributed by atoms with Crippen molar-refractivity contribution in [3.63, 3.8) is 0 Å². The molecule has 0 aromatic heterocycles. The highest BCUT2D eigenvalue weighted by Gasteiger charge is 2.51. The average molecular weight is 1360 g/mol. The summed E-state index contributed by atoms with van der Waals surface area (Å²) in [5.41, 5.74) is 0. The van der Waals surface area contributed by atoms with E-state index in [1.807, 2.05) is 6.08 Å². The third kappa shape index (κ3) is 48.1. The van der Waals surface area contributed by atoms with Gasteiger partial charge in [0.2, 0.25) is 5.91 Å². The number of hydrogen-bond donors (Lipinski definition) is 9. The van der Waals surface area contributed by atoms with Gasteiger partial charge in [-0.2, -0.15) is 0 Å². The van der Waals surface area contributed by atoms with Gasteiger partial charge in [-0.1, -0.05) is 294 Å². The maximum Gasteiger partial charge on any atom is 0.220 e. The highest BCUT2D eigenvalue weighted by molar-refractivity contribution is 5.76. The summed E-state index contributed by atoms with van der Waals surface area (Å²) in [5.74, 6) is -0.283. The summed E-state index contributed by atoms with van der Waals surface area (Å²) >= 11 is 0. The van der Waals surface area contributed by atoms with Crippen molar-refractivity contribution in [2.24, 2.45) is 0 Å². The van der Waals surface area contributed by atoms with Crippen LogP contribution in [0.5, 0.6) is 0 Å². The van der Waals surface area contributed by atoms with Crippen LogP contribution in [0, 0.1) is 0 Å². The van der Waals surface area contributed by atoms with E-state index >= 15 is 0 Å². The Morgan fingerprint density at radius 2 is 0.722 bits per heavy atom. The third-order valence-corrected chi connectivity index (χ3v) is 17.4. The Hall–Kier alpha value is -4.39. The fourth-order valence-electron chi connectivity index (χ4n) is 11.4. The van der Waals surface area contributed by atoms with Gasteiger partial charge in [-0.25, -0.2) is 0 Å². The molecule has 2 fully saturated rings.